The first kappa shape index (κ1) is 21.8. The van der Waals surface area contributed by atoms with E-state index in [0.717, 1.165) is 22.7 Å². The Labute approximate surface area is 193 Å². The molecule has 0 aliphatic rings. The average molecular weight is 468 g/mol. The van der Waals surface area contributed by atoms with Crippen molar-refractivity contribution in [2.45, 2.75) is 12.1 Å². The van der Waals surface area contributed by atoms with Crippen LogP contribution in [0.3, 0.4) is 0 Å². The monoisotopic (exact) mass is 467 g/mol. The van der Waals surface area contributed by atoms with Gasteiger partial charge in [-0.25, -0.2) is 4.98 Å². The zero-order valence-corrected chi connectivity index (χ0v) is 19.4. The van der Waals surface area contributed by atoms with Crippen LogP contribution < -0.4 is 14.8 Å². The number of benzene rings is 2. The summed E-state index contributed by atoms with van der Waals surface area (Å²) in [6.45, 7) is 1.89. The number of rotatable bonds is 8. The van der Waals surface area contributed by atoms with E-state index in [0.29, 0.717) is 21.9 Å². The van der Waals surface area contributed by atoms with Gasteiger partial charge < -0.3 is 14.8 Å². The number of hydrogen-bond donors (Lipinski definition) is 1. The second-order valence-corrected chi connectivity index (χ2v) is 8.47. The molecule has 1 amide bonds. The van der Waals surface area contributed by atoms with Crippen molar-refractivity contribution in [2.24, 2.45) is 0 Å². The summed E-state index contributed by atoms with van der Waals surface area (Å²) in [4.78, 5) is 16.7. The number of carbonyl (C=O) groups is 1. The van der Waals surface area contributed by atoms with Crippen LogP contribution in [0.25, 0.3) is 17.1 Å². The van der Waals surface area contributed by atoms with Gasteiger partial charge in [0.1, 0.15) is 11.5 Å². The SMILES string of the molecule is COc1ccc(-n2c(SCC(=O)Nc3nc(C)cs3)nnc2-c2ccccc2OC)cc1. The van der Waals surface area contributed by atoms with Crippen LogP contribution in [0.1, 0.15) is 5.69 Å². The highest BCUT2D eigenvalue weighted by Crippen LogP contribution is 2.33. The summed E-state index contributed by atoms with van der Waals surface area (Å²) in [7, 11) is 3.24. The first-order chi connectivity index (χ1) is 15.6. The van der Waals surface area contributed by atoms with Gasteiger partial charge in [0.05, 0.1) is 36.9 Å². The van der Waals surface area contributed by atoms with Crippen LogP contribution in [-0.2, 0) is 4.79 Å². The molecule has 0 unspecified atom stereocenters. The van der Waals surface area contributed by atoms with Gasteiger partial charge in [0.25, 0.3) is 0 Å². The largest absolute Gasteiger partial charge is 0.497 e. The van der Waals surface area contributed by atoms with E-state index in [2.05, 4.69) is 20.5 Å². The van der Waals surface area contributed by atoms with Gasteiger partial charge in [-0.2, -0.15) is 0 Å². The fourth-order valence-electron chi connectivity index (χ4n) is 3.03. The van der Waals surface area contributed by atoms with Gasteiger partial charge in [-0.15, -0.1) is 21.5 Å². The molecule has 10 heteroatoms. The van der Waals surface area contributed by atoms with Crippen molar-refractivity contribution in [1.29, 1.82) is 0 Å². The summed E-state index contributed by atoms with van der Waals surface area (Å²) in [6, 6.07) is 15.2. The van der Waals surface area contributed by atoms with Crippen molar-refractivity contribution < 1.29 is 14.3 Å². The van der Waals surface area contributed by atoms with E-state index in [1.165, 1.54) is 23.1 Å². The molecule has 0 aliphatic heterocycles. The number of nitrogens with zero attached hydrogens (tertiary/aromatic N) is 4. The molecule has 164 valence electrons. The van der Waals surface area contributed by atoms with Crippen molar-refractivity contribution in [1.82, 2.24) is 19.7 Å². The summed E-state index contributed by atoms with van der Waals surface area (Å²) < 4.78 is 12.7. The van der Waals surface area contributed by atoms with Crippen LogP contribution in [0.15, 0.2) is 59.1 Å². The zero-order chi connectivity index (χ0) is 22.5. The Hall–Kier alpha value is -3.37. The predicted octanol–water partition coefficient (Wildman–Crippen LogP) is 4.45. The van der Waals surface area contributed by atoms with Gasteiger partial charge in [-0.1, -0.05) is 23.9 Å². The molecule has 2 aromatic carbocycles. The molecule has 0 fully saturated rings. The molecule has 0 radical (unpaired) electrons. The molecule has 0 bridgehead atoms. The van der Waals surface area contributed by atoms with Crippen molar-refractivity contribution in [3.63, 3.8) is 0 Å². The lowest BCUT2D eigenvalue weighted by Crippen LogP contribution is -2.14. The lowest BCUT2D eigenvalue weighted by atomic mass is 10.2. The minimum atomic E-state index is -0.160. The number of thiazole rings is 1. The molecule has 1 N–H and O–H groups in total. The molecule has 32 heavy (non-hydrogen) atoms. The number of amides is 1. The van der Waals surface area contributed by atoms with E-state index in [4.69, 9.17) is 9.47 Å². The summed E-state index contributed by atoms with van der Waals surface area (Å²) >= 11 is 2.69. The Kier molecular flexibility index (Phi) is 6.72. The van der Waals surface area contributed by atoms with Gasteiger partial charge in [0.2, 0.25) is 5.91 Å². The molecular formula is C22H21N5O3S2. The lowest BCUT2D eigenvalue weighted by Gasteiger charge is -2.13. The van der Waals surface area contributed by atoms with Crippen LogP contribution in [0.4, 0.5) is 5.13 Å². The highest BCUT2D eigenvalue weighted by molar-refractivity contribution is 7.99. The summed E-state index contributed by atoms with van der Waals surface area (Å²) in [5.74, 6) is 2.05. The normalized spacial score (nSPS) is 10.7. The van der Waals surface area contributed by atoms with Crippen LogP contribution in [-0.4, -0.2) is 45.6 Å². The summed E-state index contributed by atoms with van der Waals surface area (Å²) in [5.41, 5.74) is 2.52. The minimum Gasteiger partial charge on any atom is -0.497 e. The number of para-hydroxylation sites is 1. The van der Waals surface area contributed by atoms with Gasteiger partial charge in [0.15, 0.2) is 16.1 Å². The fourth-order valence-corrected chi connectivity index (χ4v) is 4.48. The summed E-state index contributed by atoms with van der Waals surface area (Å²) in [5, 5.41) is 14.7. The first-order valence-corrected chi connectivity index (χ1v) is 11.5. The first-order valence-electron chi connectivity index (χ1n) is 9.67. The van der Waals surface area contributed by atoms with Gasteiger partial charge in [-0.3, -0.25) is 9.36 Å². The highest BCUT2D eigenvalue weighted by Gasteiger charge is 2.20. The number of aromatic nitrogens is 4. The maximum atomic E-state index is 12.4. The number of carbonyl (C=O) groups excluding carboxylic acids is 1. The third-order valence-corrected chi connectivity index (χ3v) is 6.31. The third kappa shape index (κ3) is 4.76. The molecule has 8 nitrogen and oxygen atoms in total. The van der Waals surface area contributed by atoms with E-state index in [1.54, 1.807) is 14.2 Å². The number of nitrogens with one attached hydrogen (secondary N) is 1. The van der Waals surface area contributed by atoms with E-state index in [1.807, 2.05) is 65.4 Å². The second kappa shape index (κ2) is 9.84. The van der Waals surface area contributed by atoms with Crippen molar-refractivity contribution in [2.75, 3.05) is 25.3 Å². The van der Waals surface area contributed by atoms with Gasteiger partial charge in [-0.05, 0) is 43.3 Å². The molecular weight excluding hydrogens is 446 g/mol. The van der Waals surface area contributed by atoms with E-state index >= 15 is 0 Å². The molecule has 0 spiro atoms. The Balaban J connectivity index is 1.65. The Bertz CT molecular complexity index is 1220. The zero-order valence-electron chi connectivity index (χ0n) is 17.7. The number of aryl methyl sites for hydroxylation is 1. The number of methoxy groups -OCH3 is 2. The van der Waals surface area contributed by atoms with E-state index < -0.39 is 0 Å². The van der Waals surface area contributed by atoms with Crippen LogP contribution in [0.5, 0.6) is 11.5 Å². The van der Waals surface area contributed by atoms with E-state index in [-0.39, 0.29) is 11.7 Å². The van der Waals surface area contributed by atoms with Gasteiger partial charge in [0, 0.05) is 5.38 Å². The van der Waals surface area contributed by atoms with Crippen LogP contribution in [0, 0.1) is 6.92 Å². The molecule has 0 aliphatic carbocycles. The molecule has 0 saturated carbocycles. The van der Waals surface area contributed by atoms with E-state index in [9.17, 15) is 4.79 Å². The molecule has 0 atom stereocenters. The maximum Gasteiger partial charge on any atom is 0.236 e. The molecule has 4 aromatic rings. The Morgan fingerprint density at radius 3 is 2.56 bits per heavy atom. The standard InChI is InChI=1S/C22H21N5O3S2/c1-14-12-31-21(23-14)24-19(28)13-32-22-26-25-20(17-6-4-5-7-18(17)30-3)27(22)15-8-10-16(29-2)11-9-15/h4-12H,13H2,1-3H3,(H,23,24,28). The quantitative estimate of drug-likeness (QED) is 0.383. The number of thioether (sulfide) groups is 1. The van der Waals surface area contributed by atoms with Crippen molar-refractivity contribution >= 4 is 34.1 Å². The van der Waals surface area contributed by atoms with Crippen molar-refractivity contribution in [3.8, 4) is 28.6 Å². The number of hydrogen-bond acceptors (Lipinski definition) is 8. The molecule has 2 aromatic heterocycles. The number of anilines is 1. The van der Waals surface area contributed by atoms with Crippen LogP contribution >= 0.6 is 23.1 Å². The van der Waals surface area contributed by atoms with Gasteiger partial charge >= 0.3 is 0 Å². The van der Waals surface area contributed by atoms with Crippen molar-refractivity contribution in [3.05, 3.63) is 59.6 Å². The average Bonchev–Trinajstić information content (AvgIpc) is 3.43. The molecule has 2 heterocycles. The topological polar surface area (TPSA) is 91.2 Å². The predicted molar refractivity (Wildman–Crippen MR) is 126 cm³/mol. The fraction of sp³-hybridized carbons (Fsp3) is 0.182. The Morgan fingerprint density at radius 1 is 1.09 bits per heavy atom. The summed E-state index contributed by atoms with van der Waals surface area (Å²) in [6.07, 6.45) is 0. The Morgan fingerprint density at radius 2 is 1.88 bits per heavy atom. The highest BCUT2D eigenvalue weighted by atomic mass is 32.2. The third-order valence-electron chi connectivity index (χ3n) is 4.51. The lowest BCUT2D eigenvalue weighted by molar-refractivity contribution is -0.113. The minimum absolute atomic E-state index is 0.160. The smallest absolute Gasteiger partial charge is 0.236 e. The number of ether oxygens (including phenoxy) is 2. The second-order valence-electron chi connectivity index (χ2n) is 6.67. The maximum absolute atomic E-state index is 12.4. The van der Waals surface area contributed by atoms with Crippen LogP contribution in [0.2, 0.25) is 0 Å². The molecule has 4 rings (SSSR count). The molecule has 0 saturated heterocycles.